The van der Waals surface area contributed by atoms with E-state index in [4.69, 9.17) is 0 Å². The molecule has 0 aliphatic rings. The van der Waals surface area contributed by atoms with E-state index >= 15 is 0 Å². The van der Waals surface area contributed by atoms with E-state index in [2.05, 4.69) is 40.1 Å². The van der Waals surface area contributed by atoms with Gasteiger partial charge in [0, 0.05) is 29.9 Å². The molecule has 2 heterocycles. The number of carbonyl (C=O) groups is 1. The van der Waals surface area contributed by atoms with Crippen LogP contribution in [0.15, 0.2) is 48.0 Å². The predicted octanol–water partition coefficient (Wildman–Crippen LogP) is 4.65. The Morgan fingerprint density at radius 2 is 2.12 bits per heavy atom. The summed E-state index contributed by atoms with van der Waals surface area (Å²) in [5.41, 5.74) is 6.03. The van der Waals surface area contributed by atoms with Gasteiger partial charge in [0.25, 0.3) is 5.91 Å². The van der Waals surface area contributed by atoms with Crippen molar-refractivity contribution in [2.45, 2.75) is 41.0 Å². The minimum atomic E-state index is -0.286. The summed E-state index contributed by atoms with van der Waals surface area (Å²) < 4.78 is 0. The van der Waals surface area contributed by atoms with Gasteiger partial charge in [0.1, 0.15) is 5.65 Å². The third-order valence-electron chi connectivity index (χ3n) is 3.97. The number of fused-ring (bicyclic) bond motifs is 1. The Morgan fingerprint density at radius 1 is 1.35 bits per heavy atom. The summed E-state index contributed by atoms with van der Waals surface area (Å²) in [5, 5.41) is 3.96. The predicted molar refractivity (Wildman–Crippen MR) is 108 cm³/mol. The molecule has 0 bridgehead atoms. The quantitative estimate of drug-likeness (QED) is 0.624. The molecule has 134 valence electrons. The van der Waals surface area contributed by atoms with Crippen molar-refractivity contribution in [1.29, 1.82) is 0 Å². The molecule has 26 heavy (non-hydrogen) atoms. The second kappa shape index (κ2) is 8.87. The van der Waals surface area contributed by atoms with Crippen molar-refractivity contribution in [3.63, 3.8) is 0 Å². The van der Waals surface area contributed by atoms with Crippen LogP contribution >= 0.6 is 0 Å². The van der Waals surface area contributed by atoms with Crippen LogP contribution in [0.1, 0.15) is 45.2 Å². The number of amides is 1. The number of carbonyl (C=O) groups excluding carboxylic acids is 1. The van der Waals surface area contributed by atoms with Crippen LogP contribution in [-0.4, -0.2) is 15.9 Å². The maximum absolute atomic E-state index is 11.8. The Kier molecular flexibility index (Phi) is 6.57. The summed E-state index contributed by atoms with van der Waals surface area (Å²) in [6, 6.07) is 2.14. The number of aryl methyl sites for hydroxylation is 1. The van der Waals surface area contributed by atoms with E-state index in [-0.39, 0.29) is 5.91 Å². The Morgan fingerprint density at radius 3 is 2.81 bits per heavy atom. The maximum Gasteiger partial charge on any atom is 0.300 e. The summed E-state index contributed by atoms with van der Waals surface area (Å²) in [6.07, 6.45) is 10.3. The molecule has 0 saturated carbocycles. The fraction of sp³-hybridized carbons (Fsp3) is 0.273. The van der Waals surface area contributed by atoms with Crippen LogP contribution in [-0.2, 0) is 4.79 Å². The van der Waals surface area contributed by atoms with Crippen molar-refractivity contribution < 1.29 is 4.79 Å². The van der Waals surface area contributed by atoms with Gasteiger partial charge in [-0.05, 0) is 62.5 Å². The highest BCUT2D eigenvalue weighted by Crippen LogP contribution is 2.21. The number of allylic oxidation sites excluding steroid dienone is 5. The first kappa shape index (κ1) is 19.3. The standard InChI is InChI=1S/C22H25N3O/c1-6-7-11-21(26)25-20(15(2)3)10-8-9-16(4)18-12-19-17(5)13-23-22(19)24-14-18/h8-10,12-14H,6H2,1-5H3,(H,23,24)(H,25,26)/b10-8-,16-9+. The third-order valence-corrected chi connectivity index (χ3v) is 3.97. The lowest BCUT2D eigenvalue weighted by atomic mass is 10.1. The number of aromatic nitrogens is 2. The normalized spacial score (nSPS) is 11.3. The monoisotopic (exact) mass is 347 g/mol. The average molecular weight is 347 g/mol. The molecule has 0 aliphatic heterocycles. The molecule has 2 aromatic rings. The fourth-order valence-electron chi connectivity index (χ4n) is 2.39. The number of aromatic amines is 1. The highest BCUT2D eigenvalue weighted by molar-refractivity contribution is 5.95. The van der Waals surface area contributed by atoms with E-state index < -0.39 is 0 Å². The number of H-pyrrole nitrogens is 1. The molecule has 0 radical (unpaired) electrons. The molecule has 0 aliphatic carbocycles. The van der Waals surface area contributed by atoms with Gasteiger partial charge in [-0.15, -0.1) is 0 Å². The molecule has 0 aromatic carbocycles. The topological polar surface area (TPSA) is 57.8 Å². The van der Waals surface area contributed by atoms with Crippen LogP contribution in [0.3, 0.4) is 0 Å². The van der Waals surface area contributed by atoms with Gasteiger partial charge in [-0.25, -0.2) is 4.98 Å². The van der Waals surface area contributed by atoms with Gasteiger partial charge >= 0.3 is 0 Å². The molecule has 2 rings (SSSR count). The van der Waals surface area contributed by atoms with Gasteiger partial charge in [0.05, 0.1) is 0 Å². The van der Waals surface area contributed by atoms with Gasteiger partial charge in [-0.1, -0.05) is 30.6 Å². The smallest absolute Gasteiger partial charge is 0.300 e. The second-order valence-corrected chi connectivity index (χ2v) is 6.32. The van der Waals surface area contributed by atoms with E-state index in [1.54, 1.807) is 0 Å². The highest BCUT2D eigenvalue weighted by Gasteiger charge is 2.03. The zero-order valence-electron chi connectivity index (χ0n) is 16.0. The van der Waals surface area contributed by atoms with Crippen molar-refractivity contribution in [3.8, 4) is 11.8 Å². The van der Waals surface area contributed by atoms with Gasteiger partial charge in [-0.3, -0.25) is 4.79 Å². The molecule has 2 aromatic heterocycles. The minimum absolute atomic E-state index is 0.286. The van der Waals surface area contributed by atoms with E-state index in [9.17, 15) is 4.79 Å². The fourth-order valence-corrected chi connectivity index (χ4v) is 2.39. The second-order valence-electron chi connectivity index (χ2n) is 6.32. The molecule has 0 spiro atoms. The first-order valence-corrected chi connectivity index (χ1v) is 8.68. The van der Waals surface area contributed by atoms with Crippen LogP contribution in [0, 0.1) is 18.8 Å². The Balaban J connectivity index is 2.17. The molecule has 1 amide bonds. The first-order valence-electron chi connectivity index (χ1n) is 8.68. The Labute approximate surface area is 155 Å². The molecule has 4 heteroatoms. The van der Waals surface area contributed by atoms with Crippen LogP contribution in [0.2, 0.25) is 0 Å². The largest absolute Gasteiger partial charge is 0.346 e. The molecule has 0 fully saturated rings. The Hall–Kier alpha value is -3.06. The van der Waals surface area contributed by atoms with Crippen molar-refractivity contribution in [2.24, 2.45) is 0 Å². The van der Waals surface area contributed by atoms with Gasteiger partial charge in [0.15, 0.2) is 0 Å². The van der Waals surface area contributed by atoms with Gasteiger partial charge in [0.2, 0.25) is 0 Å². The lowest BCUT2D eigenvalue weighted by molar-refractivity contribution is -0.115. The zero-order valence-corrected chi connectivity index (χ0v) is 16.0. The molecular formula is C22H25N3O. The number of nitrogens with zero attached hydrogens (tertiary/aromatic N) is 1. The van der Waals surface area contributed by atoms with Crippen LogP contribution in [0.5, 0.6) is 0 Å². The van der Waals surface area contributed by atoms with E-state index in [0.29, 0.717) is 6.42 Å². The molecule has 4 nitrogen and oxygen atoms in total. The number of hydrogen-bond acceptors (Lipinski definition) is 2. The summed E-state index contributed by atoms with van der Waals surface area (Å²) in [6.45, 7) is 9.93. The summed E-state index contributed by atoms with van der Waals surface area (Å²) in [5.74, 6) is 5.06. The lowest BCUT2D eigenvalue weighted by Gasteiger charge is -2.05. The third kappa shape index (κ3) is 4.97. The average Bonchev–Trinajstić information content (AvgIpc) is 2.99. The van der Waals surface area contributed by atoms with Crippen molar-refractivity contribution in [2.75, 3.05) is 0 Å². The number of pyridine rings is 1. The number of hydrogen-bond donors (Lipinski definition) is 2. The lowest BCUT2D eigenvalue weighted by Crippen LogP contribution is -2.20. The number of nitrogens with one attached hydrogen (secondary N) is 2. The molecule has 2 N–H and O–H groups in total. The minimum Gasteiger partial charge on any atom is -0.346 e. The van der Waals surface area contributed by atoms with Gasteiger partial charge < -0.3 is 10.3 Å². The summed E-state index contributed by atoms with van der Waals surface area (Å²) in [4.78, 5) is 19.4. The zero-order chi connectivity index (χ0) is 19.1. The van der Waals surface area contributed by atoms with E-state index in [1.165, 1.54) is 5.56 Å². The van der Waals surface area contributed by atoms with E-state index in [0.717, 1.165) is 33.4 Å². The summed E-state index contributed by atoms with van der Waals surface area (Å²) in [7, 11) is 0. The molecular weight excluding hydrogens is 322 g/mol. The maximum atomic E-state index is 11.8. The van der Waals surface area contributed by atoms with E-state index in [1.807, 2.05) is 58.3 Å². The Bertz CT molecular complexity index is 958. The summed E-state index contributed by atoms with van der Waals surface area (Å²) >= 11 is 0. The molecule has 0 saturated heterocycles. The van der Waals surface area contributed by atoms with Crippen LogP contribution in [0.4, 0.5) is 0 Å². The number of rotatable bonds is 4. The van der Waals surface area contributed by atoms with Crippen molar-refractivity contribution in [3.05, 3.63) is 59.1 Å². The van der Waals surface area contributed by atoms with Gasteiger partial charge in [-0.2, -0.15) is 0 Å². The van der Waals surface area contributed by atoms with Crippen molar-refractivity contribution >= 4 is 22.5 Å². The van der Waals surface area contributed by atoms with Crippen LogP contribution < -0.4 is 5.32 Å². The highest BCUT2D eigenvalue weighted by atomic mass is 16.1. The molecule has 0 unspecified atom stereocenters. The van der Waals surface area contributed by atoms with Crippen molar-refractivity contribution in [1.82, 2.24) is 15.3 Å². The molecule has 0 atom stereocenters. The SMILES string of the molecule is CCC#CC(=O)NC(/C=C\C=C(/C)c1cnc2[nH]cc(C)c2c1)=C(C)C. The van der Waals surface area contributed by atoms with Crippen LogP contribution in [0.25, 0.3) is 16.6 Å². The first-order chi connectivity index (χ1) is 12.4.